The number of aryl methyl sites for hydroxylation is 1. The molecule has 0 heterocycles. The molecule has 0 bridgehead atoms. The quantitative estimate of drug-likeness (QED) is 0.486. The molecule has 1 aromatic carbocycles. The molecule has 0 saturated carbocycles. The van der Waals surface area contributed by atoms with Crippen molar-refractivity contribution in [2.75, 3.05) is 39.6 Å². The van der Waals surface area contributed by atoms with Gasteiger partial charge in [0, 0.05) is 13.2 Å². The average Bonchev–Trinajstić information content (AvgIpc) is 2.46. The van der Waals surface area contributed by atoms with Gasteiger partial charge in [0.15, 0.2) is 0 Å². The molecular formula is C14H22O6S. The van der Waals surface area contributed by atoms with Crippen molar-refractivity contribution < 1.29 is 27.2 Å². The average molecular weight is 318 g/mol. The summed E-state index contributed by atoms with van der Waals surface area (Å²) in [6, 6.07) is 6.47. The third-order valence-electron chi connectivity index (χ3n) is 2.59. The van der Waals surface area contributed by atoms with Gasteiger partial charge in [-0.15, -0.1) is 0 Å². The Hall–Kier alpha value is -0.990. The van der Waals surface area contributed by atoms with Gasteiger partial charge in [-0.1, -0.05) is 17.7 Å². The van der Waals surface area contributed by atoms with E-state index in [1.807, 2.05) is 6.92 Å². The summed E-state index contributed by atoms with van der Waals surface area (Å²) in [6.07, 6.45) is 0.595. The molecule has 1 N–H and O–H groups in total. The van der Waals surface area contributed by atoms with Gasteiger partial charge in [0.25, 0.3) is 10.1 Å². The first-order chi connectivity index (χ1) is 10.1. The number of rotatable bonds is 11. The predicted molar refractivity (Wildman–Crippen MR) is 77.7 cm³/mol. The molecule has 0 aliphatic heterocycles. The molecule has 0 unspecified atom stereocenters. The van der Waals surface area contributed by atoms with Gasteiger partial charge in [0.05, 0.1) is 31.3 Å². The van der Waals surface area contributed by atoms with Gasteiger partial charge in [-0.05, 0) is 25.5 Å². The minimum Gasteiger partial charge on any atom is -0.396 e. The molecule has 6 nitrogen and oxygen atoms in total. The molecule has 7 heteroatoms. The smallest absolute Gasteiger partial charge is 0.297 e. The number of benzene rings is 1. The van der Waals surface area contributed by atoms with Crippen molar-refractivity contribution in [3.8, 4) is 0 Å². The first-order valence-corrected chi connectivity index (χ1v) is 8.19. The van der Waals surface area contributed by atoms with E-state index in [2.05, 4.69) is 0 Å². The van der Waals surface area contributed by atoms with Crippen LogP contribution < -0.4 is 0 Å². The maximum atomic E-state index is 11.8. The maximum Gasteiger partial charge on any atom is 0.297 e. The lowest BCUT2D eigenvalue weighted by atomic mass is 10.2. The molecule has 0 fully saturated rings. The van der Waals surface area contributed by atoms with E-state index in [4.69, 9.17) is 18.8 Å². The van der Waals surface area contributed by atoms with E-state index in [1.165, 1.54) is 12.1 Å². The standard InChI is InChI=1S/C14H22O6S/c1-13-3-5-14(6-4-13)21(16,17)20-12-11-19-10-9-18-8-2-7-15/h3-6,15H,2,7-12H2,1H3. The molecule has 1 rings (SSSR count). The number of ether oxygens (including phenoxy) is 2. The monoisotopic (exact) mass is 318 g/mol. The van der Waals surface area contributed by atoms with Gasteiger partial charge in [0.1, 0.15) is 0 Å². The number of hydrogen-bond acceptors (Lipinski definition) is 6. The summed E-state index contributed by atoms with van der Waals surface area (Å²) in [5, 5.41) is 8.54. The van der Waals surface area contributed by atoms with Crippen LogP contribution in [0.5, 0.6) is 0 Å². The summed E-state index contributed by atoms with van der Waals surface area (Å²) >= 11 is 0. The molecule has 1 aromatic rings. The zero-order valence-corrected chi connectivity index (χ0v) is 13.0. The van der Waals surface area contributed by atoms with Crippen molar-refractivity contribution in [3.63, 3.8) is 0 Å². The van der Waals surface area contributed by atoms with E-state index >= 15 is 0 Å². The van der Waals surface area contributed by atoms with Crippen molar-refractivity contribution in [2.45, 2.75) is 18.2 Å². The van der Waals surface area contributed by atoms with Gasteiger partial charge in [-0.2, -0.15) is 8.42 Å². The lowest BCUT2D eigenvalue weighted by Crippen LogP contribution is -2.13. The minimum absolute atomic E-state index is 0.0349. The second-order valence-corrected chi connectivity index (χ2v) is 6.01. The van der Waals surface area contributed by atoms with Crippen LogP contribution in [0.25, 0.3) is 0 Å². The molecule has 0 aliphatic carbocycles. The SMILES string of the molecule is Cc1ccc(S(=O)(=O)OCCOCCOCCCO)cc1. The fraction of sp³-hybridized carbons (Fsp3) is 0.571. The largest absolute Gasteiger partial charge is 0.396 e. The number of aliphatic hydroxyl groups excluding tert-OH is 1. The summed E-state index contributed by atoms with van der Waals surface area (Å²) < 4.78 is 38.9. The molecule has 0 radical (unpaired) electrons. The van der Waals surface area contributed by atoms with Gasteiger partial charge in [-0.3, -0.25) is 4.18 Å². The summed E-state index contributed by atoms with van der Waals surface area (Å²) in [7, 11) is -3.72. The first kappa shape index (κ1) is 18.1. The highest BCUT2D eigenvalue weighted by Gasteiger charge is 2.14. The third kappa shape index (κ3) is 7.54. The topological polar surface area (TPSA) is 82.1 Å². The van der Waals surface area contributed by atoms with Crippen LogP contribution in [0.15, 0.2) is 29.2 Å². The van der Waals surface area contributed by atoms with Gasteiger partial charge < -0.3 is 14.6 Å². The van der Waals surface area contributed by atoms with Crippen molar-refractivity contribution in [2.24, 2.45) is 0 Å². The summed E-state index contributed by atoms with van der Waals surface area (Å²) in [6.45, 7) is 3.38. The van der Waals surface area contributed by atoms with Crippen LogP contribution in [0.1, 0.15) is 12.0 Å². The Morgan fingerprint density at radius 1 is 0.952 bits per heavy atom. The van der Waals surface area contributed by atoms with E-state index < -0.39 is 10.1 Å². The van der Waals surface area contributed by atoms with E-state index in [-0.39, 0.29) is 24.7 Å². The van der Waals surface area contributed by atoms with Gasteiger partial charge in [-0.25, -0.2) is 0 Å². The lowest BCUT2D eigenvalue weighted by molar-refractivity contribution is 0.0331. The lowest BCUT2D eigenvalue weighted by Gasteiger charge is -2.07. The van der Waals surface area contributed by atoms with E-state index in [9.17, 15) is 8.42 Å². The van der Waals surface area contributed by atoms with E-state index in [0.717, 1.165) is 5.56 Å². The molecule has 0 aromatic heterocycles. The van der Waals surface area contributed by atoms with Crippen molar-refractivity contribution >= 4 is 10.1 Å². The van der Waals surface area contributed by atoms with E-state index in [1.54, 1.807) is 12.1 Å². The maximum absolute atomic E-state index is 11.8. The molecule has 0 spiro atoms. The molecule has 0 saturated heterocycles. The molecule has 0 aliphatic rings. The highest BCUT2D eigenvalue weighted by atomic mass is 32.2. The molecule has 21 heavy (non-hydrogen) atoms. The second-order valence-electron chi connectivity index (χ2n) is 4.39. The van der Waals surface area contributed by atoms with Crippen molar-refractivity contribution in [1.29, 1.82) is 0 Å². The fourth-order valence-electron chi connectivity index (χ4n) is 1.46. The number of hydrogen-bond donors (Lipinski definition) is 1. The van der Waals surface area contributed by atoms with Crippen LogP contribution in [0.2, 0.25) is 0 Å². The van der Waals surface area contributed by atoms with Crippen molar-refractivity contribution in [3.05, 3.63) is 29.8 Å². The Bertz CT molecular complexity index is 483. The van der Waals surface area contributed by atoms with Crippen LogP contribution in [-0.2, 0) is 23.8 Å². The fourth-order valence-corrected chi connectivity index (χ4v) is 2.36. The predicted octanol–water partition coefficient (Wildman–Crippen LogP) is 1.12. The van der Waals surface area contributed by atoms with Gasteiger partial charge >= 0.3 is 0 Å². The second kappa shape index (κ2) is 9.86. The number of aliphatic hydroxyl groups is 1. The normalized spacial score (nSPS) is 11.7. The van der Waals surface area contributed by atoms with Crippen LogP contribution >= 0.6 is 0 Å². The summed E-state index contributed by atoms with van der Waals surface area (Å²) in [4.78, 5) is 0.139. The summed E-state index contributed by atoms with van der Waals surface area (Å²) in [5.41, 5.74) is 0.985. The zero-order valence-electron chi connectivity index (χ0n) is 12.2. The third-order valence-corrected chi connectivity index (χ3v) is 3.92. The summed E-state index contributed by atoms with van der Waals surface area (Å²) in [5.74, 6) is 0. The van der Waals surface area contributed by atoms with Crippen LogP contribution in [0.4, 0.5) is 0 Å². The Morgan fingerprint density at radius 2 is 1.52 bits per heavy atom. The highest BCUT2D eigenvalue weighted by molar-refractivity contribution is 7.86. The Labute approximate surface area is 125 Å². The molecule has 0 atom stereocenters. The Balaban J connectivity index is 2.15. The highest BCUT2D eigenvalue weighted by Crippen LogP contribution is 2.12. The molecular weight excluding hydrogens is 296 g/mol. The van der Waals surface area contributed by atoms with Crippen LogP contribution in [-0.4, -0.2) is 53.2 Å². The molecule has 120 valence electrons. The molecule has 0 amide bonds. The minimum atomic E-state index is -3.72. The Morgan fingerprint density at radius 3 is 2.14 bits per heavy atom. The van der Waals surface area contributed by atoms with Crippen molar-refractivity contribution in [1.82, 2.24) is 0 Å². The first-order valence-electron chi connectivity index (χ1n) is 6.79. The zero-order chi connectivity index (χ0) is 15.6. The van der Waals surface area contributed by atoms with Crippen LogP contribution in [0.3, 0.4) is 0 Å². The van der Waals surface area contributed by atoms with E-state index in [0.29, 0.717) is 26.2 Å². The van der Waals surface area contributed by atoms with Crippen LogP contribution in [0, 0.1) is 6.92 Å². The van der Waals surface area contributed by atoms with Gasteiger partial charge in [0.2, 0.25) is 0 Å². The Kier molecular flexibility index (Phi) is 8.48.